The van der Waals surface area contributed by atoms with Gasteiger partial charge in [0.25, 0.3) is 0 Å². The zero-order chi connectivity index (χ0) is 11.3. The molecule has 1 rings (SSSR count). The summed E-state index contributed by atoms with van der Waals surface area (Å²) in [5.41, 5.74) is 3.32. The molecule has 15 heavy (non-hydrogen) atoms. The fourth-order valence-electron chi connectivity index (χ4n) is 1.72. The van der Waals surface area contributed by atoms with Gasteiger partial charge in [-0.05, 0) is 44.9 Å². The zero-order valence-corrected chi connectivity index (χ0v) is 10.2. The van der Waals surface area contributed by atoms with E-state index >= 15 is 0 Å². The number of nitrogens with zero attached hydrogens (tertiary/aromatic N) is 2. The summed E-state index contributed by atoms with van der Waals surface area (Å²) in [6.45, 7) is 9.45. The monoisotopic (exact) mass is 207 g/mol. The fraction of sp³-hybridized carbons (Fsp3) is 0.667. The highest BCUT2D eigenvalue weighted by Crippen LogP contribution is 2.19. The maximum Gasteiger partial charge on any atom is 0.0648 e. The van der Waals surface area contributed by atoms with Crippen LogP contribution in [0.3, 0.4) is 0 Å². The molecule has 3 nitrogen and oxygen atoms in total. The first kappa shape index (κ1) is 12.1. The van der Waals surface area contributed by atoms with E-state index in [1.165, 1.54) is 5.56 Å². The molecule has 0 saturated heterocycles. The maximum atomic E-state index is 4.17. The Labute approximate surface area is 92.3 Å². The molecule has 0 amide bonds. The lowest BCUT2D eigenvalue weighted by molar-refractivity contribution is 0.512. The first-order valence-electron chi connectivity index (χ1n) is 5.73. The third kappa shape index (κ3) is 3.27. The number of aromatic nitrogens is 2. The van der Waals surface area contributed by atoms with Crippen LogP contribution in [0, 0.1) is 13.8 Å². The van der Waals surface area contributed by atoms with Crippen molar-refractivity contribution in [1.29, 1.82) is 0 Å². The second-order valence-electron chi connectivity index (χ2n) is 3.94. The van der Waals surface area contributed by atoms with Crippen molar-refractivity contribution in [3.8, 4) is 0 Å². The molecule has 0 aliphatic heterocycles. The minimum Gasteiger partial charge on any atom is -0.310 e. The Kier molecular flexibility index (Phi) is 4.69. The lowest BCUT2D eigenvalue weighted by Crippen LogP contribution is -2.22. The van der Waals surface area contributed by atoms with E-state index in [-0.39, 0.29) is 0 Å². The van der Waals surface area contributed by atoms with Gasteiger partial charge in [-0.1, -0.05) is 13.8 Å². The Hall–Kier alpha value is -0.960. The minimum atomic E-state index is 0.416. The van der Waals surface area contributed by atoms with Crippen molar-refractivity contribution in [2.75, 3.05) is 6.54 Å². The van der Waals surface area contributed by atoms with E-state index in [0.29, 0.717) is 6.04 Å². The minimum absolute atomic E-state index is 0.416. The molecule has 0 radical (unpaired) electrons. The molecule has 0 aliphatic carbocycles. The molecule has 0 aliphatic rings. The van der Waals surface area contributed by atoms with E-state index in [2.05, 4.69) is 35.4 Å². The van der Waals surface area contributed by atoms with Crippen molar-refractivity contribution in [2.24, 2.45) is 0 Å². The van der Waals surface area contributed by atoms with Gasteiger partial charge >= 0.3 is 0 Å². The Balaban J connectivity index is 2.85. The van der Waals surface area contributed by atoms with Crippen LogP contribution in [0.15, 0.2) is 6.07 Å². The van der Waals surface area contributed by atoms with E-state index in [4.69, 9.17) is 0 Å². The molecule has 3 heteroatoms. The zero-order valence-electron chi connectivity index (χ0n) is 10.2. The van der Waals surface area contributed by atoms with Gasteiger partial charge in [-0.15, -0.1) is 0 Å². The molecule has 0 saturated carbocycles. The van der Waals surface area contributed by atoms with Crippen molar-refractivity contribution >= 4 is 0 Å². The lowest BCUT2D eigenvalue weighted by Gasteiger charge is -2.18. The van der Waals surface area contributed by atoms with Crippen LogP contribution in [-0.2, 0) is 0 Å². The van der Waals surface area contributed by atoms with Gasteiger partial charge in [-0.3, -0.25) is 0 Å². The molecule has 0 fully saturated rings. The van der Waals surface area contributed by atoms with Crippen LogP contribution in [0.2, 0.25) is 0 Å². The summed E-state index contributed by atoms with van der Waals surface area (Å²) in [5.74, 6) is 0. The molecule has 1 aromatic heterocycles. The molecule has 1 N–H and O–H groups in total. The van der Waals surface area contributed by atoms with Crippen LogP contribution in [0.25, 0.3) is 0 Å². The summed E-state index contributed by atoms with van der Waals surface area (Å²) < 4.78 is 0. The molecular weight excluding hydrogens is 186 g/mol. The van der Waals surface area contributed by atoms with Gasteiger partial charge < -0.3 is 5.32 Å². The average Bonchev–Trinajstić information content (AvgIpc) is 2.24. The van der Waals surface area contributed by atoms with E-state index in [0.717, 1.165) is 30.8 Å². The van der Waals surface area contributed by atoms with Gasteiger partial charge in [0.1, 0.15) is 0 Å². The van der Waals surface area contributed by atoms with Crippen LogP contribution >= 0.6 is 0 Å². The number of hydrogen-bond donors (Lipinski definition) is 1. The highest BCUT2D eigenvalue weighted by atomic mass is 15.1. The highest BCUT2D eigenvalue weighted by Gasteiger charge is 2.12. The number of aryl methyl sites for hydroxylation is 2. The Bertz CT molecular complexity index is 310. The summed E-state index contributed by atoms with van der Waals surface area (Å²) in [6, 6.07) is 2.55. The summed E-state index contributed by atoms with van der Waals surface area (Å²) in [7, 11) is 0. The van der Waals surface area contributed by atoms with Crippen molar-refractivity contribution in [3.63, 3.8) is 0 Å². The predicted octanol–water partition coefficient (Wildman–Crippen LogP) is 2.54. The SMILES string of the molecule is CCCNC(CC)c1cc(C)nnc1C. The molecular formula is C12H21N3. The topological polar surface area (TPSA) is 37.8 Å². The molecule has 1 atom stereocenters. The quantitative estimate of drug-likeness (QED) is 0.806. The molecule has 1 unspecified atom stereocenters. The highest BCUT2D eigenvalue weighted by molar-refractivity contribution is 5.23. The second-order valence-corrected chi connectivity index (χ2v) is 3.94. The lowest BCUT2D eigenvalue weighted by atomic mass is 10.0. The molecule has 0 spiro atoms. The third-order valence-electron chi connectivity index (χ3n) is 2.56. The smallest absolute Gasteiger partial charge is 0.0648 e. The van der Waals surface area contributed by atoms with Crippen LogP contribution in [0.5, 0.6) is 0 Å². The number of rotatable bonds is 5. The standard InChI is InChI=1S/C12H21N3/c1-5-7-13-12(6-2)11-8-9(3)14-15-10(11)4/h8,12-13H,5-7H2,1-4H3. The average molecular weight is 207 g/mol. The molecule has 1 heterocycles. The maximum absolute atomic E-state index is 4.17. The van der Waals surface area contributed by atoms with Gasteiger partial charge in [0, 0.05) is 6.04 Å². The largest absolute Gasteiger partial charge is 0.310 e. The van der Waals surface area contributed by atoms with Gasteiger partial charge in [0.15, 0.2) is 0 Å². The third-order valence-corrected chi connectivity index (χ3v) is 2.56. The fourth-order valence-corrected chi connectivity index (χ4v) is 1.72. The van der Waals surface area contributed by atoms with Crippen molar-refractivity contribution < 1.29 is 0 Å². The summed E-state index contributed by atoms with van der Waals surface area (Å²) in [5, 5.41) is 11.8. The molecule has 84 valence electrons. The van der Waals surface area contributed by atoms with Gasteiger partial charge in [-0.2, -0.15) is 10.2 Å². The second kappa shape index (κ2) is 5.81. The summed E-state index contributed by atoms with van der Waals surface area (Å²) >= 11 is 0. The summed E-state index contributed by atoms with van der Waals surface area (Å²) in [4.78, 5) is 0. The van der Waals surface area contributed by atoms with E-state index in [1.54, 1.807) is 0 Å². The number of nitrogens with one attached hydrogen (secondary N) is 1. The Morgan fingerprint density at radius 1 is 1.27 bits per heavy atom. The predicted molar refractivity (Wildman–Crippen MR) is 62.8 cm³/mol. The first-order valence-corrected chi connectivity index (χ1v) is 5.73. The van der Waals surface area contributed by atoms with Gasteiger partial charge in [0.05, 0.1) is 11.4 Å². The van der Waals surface area contributed by atoms with E-state index in [1.807, 2.05) is 13.8 Å². The normalized spacial score (nSPS) is 12.8. The van der Waals surface area contributed by atoms with Crippen LogP contribution < -0.4 is 5.32 Å². The number of hydrogen-bond acceptors (Lipinski definition) is 3. The van der Waals surface area contributed by atoms with Crippen molar-refractivity contribution in [3.05, 3.63) is 23.0 Å². The van der Waals surface area contributed by atoms with Gasteiger partial charge in [0.2, 0.25) is 0 Å². The van der Waals surface area contributed by atoms with Crippen LogP contribution in [0.1, 0.15) is 49.7 Å². The van der Waals surface area contributed by atoms with E-state index in [9.17, 15) is 0 Å². The Morgan fingerprint density at radius 2 is 2.00 bits per heavy atom. The van der Waals surface area contributed by atoms with Crippen LogP contribution in [-0.4, -0.2) is 16.7 Å². The van der Waals surface area contributed by atoms with Gasteiger partial charge in [-0.25, -0.2) is 0 Å². The van der Waals surface area contributed by atoms with E-state index < -0.39 is 0 Å². The molecule has 1 aromatic rings. The van der Waals surface area contributed by atoms with Crippen molar-refractivity contribution in [2.45, 2.75) is 46.6 Å². The van der Waals surface area contributed by atoms with Crippen LogP contribution in [0.4, 0.5) is 0 Å². The molecule has 0 aromatic carbocycles. The Morgan fingerprint density at radius 3 is 2.60 bits per heavy atom. The summed E-state index contributed by atoms with van der Waals surface area (Å²) in [6.07, 6.45) is 2.25. The first-order chi connectivity index (χ1) is 7.19. The van der Waals surface area contributed by atoms with Crippen molar-refractivity contribution in [1.82, 2.24) is 15.5 Å². The molecule has 0 bridgehead atoms.